The van der Waals surface area contributed by atoms with Crippen molar-refractivity contribution in [1.82, 2.24) is 4.72 Å². The largest absolute Gasteiger partial charge is 0.493 e. The molecule has 0 bridgehead atoms. The summed E-state index contributed by atoms with van der Waals surface area (Å²) in [6, 6.07) is 8.77. The van der Waals surface area contributed by atoms with Crippen LogP contribution in [0.15, 0.2) is 36.4 Å². The van der Waals surface area contributed by atoms with Crippen LogP contribution in [0.1, 0.15) is 23.1 Å². The second-order valence-electron chi connectivity index (χ2n) is 6.60. The van der Waals surface area contributed by atoms with E-state index in [9.17, 15) is 17.9 Å². The summed E-state index contributed by atoms with van der Waals surface area (Å²) >= 11 is 0. The van der Waals surface area contributed by atoms with Gasteiger partial charge < -0.3 is 14.6 Å². The zero-order chi connectivity index (χ0) is 19.7. The number of hydrogen-bond donors (Lipinski definition) is 2. The highest BCUT2D eigenvalue weighted by Gasteiger charge is 2.38. The van der Waals surface area contributed by atoms with Gasteiger partial charge in [0.2, 0.25) is 10.0 Å². The fourth-order valence-electron chi connectivity index (χ4n) is 3.30. The van der Waals surface area contributed by atoms with E-state index < -0.39 is 21.4 Å². The van der Waals surface area contributed by atoms with Gasteiger partial charge in [0.15, 0.2) is 11.5 Å². The van der Waals surface area contributed by atoms with E-state index in [2.05, 4.69) is 4.72 Å². The molecule has 1 unspecified atom stereocenters. The van der Waals surface area contributed by atoms with E-state index in [0.29, 0.717) is 35.5 Å². The molecule has 146 valence electrons. The van der Waals surface area contributed by atoms with Gasteiger partial charge >= 0.3 is 0 Å². The summed E-state index contributed by atoms with van der Waals surface area (Å²) in [5, 5.41) is 11.0. The number of halogens is 1. The smallest absolute Gasteiger partial charge is 0.215 e. The molecule has 1 atom stereocenters. The van der Waals surface area contributed by atoms with Crippen molar-refractivity contribution >= 4 is 10.0 Å². The molecule has 0 spiro atoms. The predicted molar refractivity (Wildman–Crippen MR) is 98.8 cm³/mol. The lowest BCUT2D eigenvalue weighted by atomic mass is 9.96. The lowest BCUT2D eigenvalue weighted by Crippen LogP contribution is -2.39. The average molecular weight is 395 g/mol. The van der Waals surface area contributed by atoms with Crippen molar-refractivity contribution in [2.75, 3.05) is 20.8 Å². The third-order valence-corrected chi connectivity index (χ3v) is 6.07. The summed E-state index contributed by atoms with van der Waals surface area (Å²) in [4.78, 5) is 0. The van der Waals surface area contributed by atoms with Crippen LogP contribution in [0.2, 0.25) is 0 Å². The van der Waals surface area contributed by atoms with Crippen LogP contribution in [-0.2, 0) is 27.8 Å². The standard InChI is InChI=1S/C19H22FNO5S/c1-25-17-9-14-7-8-19(22,16(14)10-18(17)26-2)12-21-27(23,24)11-13-3-5-15(20)6-4-13/h3-6,9-10,21-22H,7-8,11-12H2,1-2H3. The summed E-state index contributed by atoms with van der Waals surface area (Å²) in [6.45, 7) is -0.154. The molecule has 2 aromatic rings. The Bertz CT molecular complexity index is 930. The molecular formula is C19H22FNO5S. The van der Waals surface area contributed by atoms with Crippen LogP contribution in [0, 0.1) is 5.82 Å². The molecule has 8 heteroatoms. The molecule has 0 radical (unpaired) electrons. The van der Waals surface area contributed by atoms with E-state index in [1.807, 2.05) is 0 Å². The maximum absolute atomic E-state index is 13.0. The number of aryl methyl sites for hydroxylation is 1. The molecule has 1 aliphatic carbocycles. The van der Waals surface area contributed by atoms with Crippen LogP contribution >= 0.6 is 0 Å². The van der Waals surface area contributed by atoms with Crippen molar-refractivity contribution in [1.29, 1.82) is 0 Å². The number of hydrogen-bond acceptors (Lipinski definition) is 5. The zero-order valence-electron chi connectivity index (χ0n) is 15.2. The number of nitrogens with one attached hydrogen (secondary N) is 1. The molecule has 6 nitrogen and oxygen atoms in total. The summed E-state index contributed by atoms with van der Waals surface area (Å²) < 4.78 is 50.7. The van der Waals surface area contributed by atoms with Crippen LogP contribution in [0.25, 0.3) is 0 Å². The van der Waals surface area contributed by atoms with Crippen molar-refractivity contribution in [2.24, 2.45) is 0 Å². The molecule has 2 aromatic carbocycles. The van der Waals surface area contributed by atoms with Gasteiger partial charge in [-0.05, 0) is 53.8 Å². The van der Waals surface area contributed by atoms with Gasteiger partial charge in [-0.3, -0.25) is 0 Å². The monoisotopic (exact) mass is 395 g/mol. The Balaban J connectivity index is 1.76. The minimum absolute atomic E-state index is 0.154. The van der Waals surface area contributed by atoms with Crippen molar-refractivity contribution in [2.45, 2.75) is 24.2 Å². The average Bonchev–Trinajstić information content (AvgIpc) is 2.97. The number of rotatable bonds is 7. The maximum atomic E-state index is 13.0. The Labute approximate surface area is 158 Å². The molecule has 0 heterocycles. The van der Waals surface area contributed by atoms with Crippen LogP contribution in [0.4, 0.5) is 4.39 Å². The first-order valence-corrected chi connectivity index (χ1v) is 10.1. The molecule has 27 heavy (non-hydrogen) atoms. The Morgan fingerprint density at radius 2 is 1.78 bits per heavy atom. The van der Waals surface area contributed by atoms with Crippen LogP contribution in [0.3, 0.4) is 0 Å². The fraction of sp³-hybridized carbons (Fsp3) is 0.368. The van der Waals surface area contributed by atoms with E-state index in [1.165, 1.54) is 38.5 Å². The first-order valence-electron chi connectivity index (χ1n) is 8.46. The zero-order valence-corrected chi connectivity index (χ0v) is 16.0. The van der Waals surface area contributed by atoms with Gasteiger partial charge in [0.25, 0.3) is 0 Å². The summed E-state index contributed by atoms with van der Waals surface area (Å²) in [7, 11) is -0.652. The van der Waals surface area contributed by atoms with Crippen molar-refractivity contribution in [3.63, 3.8) is 0 Å². The Morgan fingerprint density at radius 1 is 1.15 bits per heavy atom. The van der Waals surface area contributed by atoms with Gasteiger partial charge in [0.1, 0.15) is 11.4 Å². The normalized spacial score (nSPS) is 19.0. The van der Waals surface area contributed by atoms with E-state index in [1.54, 1.807) is 12.1 Å². The SMILES string of the molecule is COc1cc2c(cc1OC)C(O)(CNS(=O)(=O)Cc1ccc(F)cc1)CC2. The molecule has 0 aliphatic heterocycles. The van der Waals surface area contributed by atoms with Crippen LogP contribution in [0.5, 0.6) is 11.5 Å². The maximum Gasteiger partial charge on any atom is 0.215 e. The van der Waals surface area contributed by atoms with Crippen molar-refractivity contribution in [3.8, 4) is 11.5 Å². The molecule has 3 rings (SSSR count). The second-order valence-corrected chi connectivity index (χ2v) is 8.41. The molecule has 0 fully saturated rings. The van der Waals surface area contributed by atoms with Gasteiger partial charge in [0, 0.05) is 6.54 Å². The highest BCUT2D eigenvalue weighted by Crippen LogP contribution is 2.42. The number of methoxy groups -OCH3 is 2. The quantitative estimate of drug-likeness (QED) is 0.750. The first kappa shape index (κ1) is 19.6. The molecule has 2 N–H and O–H groups in total. The minimum atomic E-state index is -3.69. The topological polar surface area (TPSA) is 84.9 Å². The molecule has 0 aromatic heterocycles. The molecule has 0 amide bonds. The third kappa shape index (κ3) is 4.23. The number of sulfonamides is 1. The number of benzene rings is 2. The van der Waals surface area contributed by atoms with E-state index in [4.69, 9.17) is 9.47 Å². The van der Waals surface area contributed by atoms with Crippen molar-refractivity contribution < 1.29 is 27.4 Å². The summed E-state index contributed by atoms with van der Waals surface area (Å²) in [5.74, 6) is 0.329. The Morgan fingerprint density at radius 3 is 2.41 bits per heavy atom. The third-order valence-electron chi connectivity index (χ3n) is 4.77. The van der Waals surface area contributed by atoms with Gasteiger partial charge in [-0.25, -0.2) is 17.5 Å². The van der Waals surface area contributed by atoms with E-state index in [-0.39, 0.29) is 12.3 Å². The van der Waals surface area contributed by atoms with E-state index >= 15 is 0 Å². The molecular weight excluding hydrogens is 373 g/mol. The lowest BCUT2D eigenvalue weighted by Gasteiger charge is -2.25. The van der Waals surface area contributed by atoms with Gasteiger partial charge in [-0.2, -0.15) is 0 Å². The van der Waals surface area contributed by atoms with Crippen LogP contribution < -0.4 is 14.2 Å². The summed E-state index contributed by atoms with van der Waals surface area (Å²) in [5.41, 5.74) is 0.664. The molecule has 0 saturated heterocycles. The Hall–Kier alpha value is -2.16. The molecule has 1 aliphatic rings. The molecule has 0 saturated carbocycles. The van der Waals surface area contributed by atoms with E-state index in [0.717, 1.165) is 5.56 Å². The van der Waals surface area contributed by atoms with Gasteiger partial charge in [-0.15, -0.1) is 0 Å². The predicted octanol–water partition coefficient (Wildman–Crippen LogP) is 2.10. The van der Waals surface area contributed by atoms with Gasteiger partial charge in [-0.1, -0.05) is 12.1 Å². The number of fused-ring (bicyclic) bond motifs is 1. The highest BCUT2D eigenvalue weighted by molar-refractivity contribution is 7.88. The van der Waals surface area contributed by atoms with Crippen LogP contribution in [-0.4, -0.2) is 34.3 Å². The lowest BCUT2D eigenvalue weighted by molar-refractivity contribution is 0.0440. The highest BCUT2D eigenvalue weighted by atomic mass is 32.2. The fourth-order valence-corrected chi connectivity index (χ4v) is 4.49. The van der Waals surface area contributed by atoms with Crippen molar-refractivity contribution in [3.05, 3.63) is 58.9 Å². The number of ether oxygens (including phenoxy) is 2. The first-order chi connectivity index (χ1) is 12.8. The summed E-state index contributed by atoms with van der Waals surface area (Å²) in [6.07, 6.45) is 0.990. The number of aliphatic hydroxyl groups is 1. The van der Waals surface area contributed by atoms with Gasteiger partial charge in [0.05, 0.1) is 20.0 Å². The minimum Gasteiger partial charge on any atom is -0.493 e. The second kappa shape index (κ2) is 7.46. The Kier molecular flexibility index (Phi) is 5.41.